The minimum absolute atomic E-state index is 0.449. The summed E-state index contributed by atoms with van der Waals surface area (Å²) in [6.07, 6.45) is 2.16. The van der Waals surface area contributed by atoms with Crippen molar-refractivity contribution in [3.63, 3.8) is 0 Å². The Kier molecular flexibility index (Phi) is 3.04. The van der Waals surface area contributed by atoms with Gasteiger partial charge in [0.25, 0.3) is 0 Å². The van der Waals surface area contributed by atoms with Crippen molar-refractivity contribution in [2.75, 3.05) is 12.4 Å². The quantitative estimate of drug-likeness (QED) is 0.796. The van der Waals surface area contributed by atoms with Gasteiger partial charge in [-0.3, -0.25) is 0 Å². The molecule has 0 radical (unpaired) electrons. The van der Waals surface area contributed by atoms with Crippen LogP contribution in [0.15, 0.2) is 42.5 Å². The fourth-order valence-electron chi connectivity index (χ4n) is 2.93. The summed E-state index contributed by atoms with van der Waals surface area (Å²) in [5.41, 5.74) is 3.94. The standard InChI is InChI=1S/C17H16N2OS/c1-20-14-6-7-15-16(10-14)21-17(19-15)18-13-8-11-4-2-3-5-12(11)9-13/h2-7,10,13H,8-9H2,1H3,(H,18,19). The molecule has 1 aliphatic rings. The first kappa shape index (κ1) is 12.7. The highest BCUT2D eigenvalue weighted by Crippen LogP contribution is 2.31. The van der Waals surface area contributed by atoms with Crippen molar-refractivity contribution in [1.82, 2.24) is 4.98 Å². The molecule has 0 bridgehead atoms. The van der Waals surface area contributed by atoms with Crippen molar-refractivity contribution in [1.29, 1.82) is 0 Å². The van der Waals surface area contributed by atoms with Gasteiger partial charge in [-0.25, -0.2) is 4.98 Å². The number of nitrogens with one attached hydrogen (secondary N) is 1. The van der Waals surface area contributed by atoms with Crippen molar-refractivity contribution in [2.45, 2.75) is 18.9 Å². The maximum Gasteiger partial charge on any atom is 0.184 e. The summed E-state index contributed by atoms with van der Waals surface area (Å²) in [7, 11) is 1.69. The predicted octanol–water partition coefficient (Wildman–Crippen LogP) is 3.88. The summed E-state index contributed by atoms with van der Waals surface area (Å²) in [5.74, 6) is 0.881. The van der Waals surface area contributed by atoms with E-state index >= 15 is 0 Å². The number of benzene rings is 2. The summed E-state index contributed by atoms with van der Waals surface area (Å²) in [5, 5.41) is 4.58. The van der Waals surface area contributed by atoms with Crippen LogP contribution in [0.25, 0.3) is 10.2 Å². The first-order chi connectivity index (χ1) is 10.3. The zero-order valence-corrected chi connectivity index (χ0v) is 12.6. The van der Waals surface area contributed by atoms with Crippen LogP contribution < -0.4 is 10.1 Å². The number of rotatable bonds is 3. The Morgan fingerprint density at radius 2 is 1.90 bits per heavy atom. The molecule has 4 rings (SSSR count). The third-order valence-electron chi connectivity index (χ3n) is 3.97. The van der Waals surface area contributed by atoms with Gasteiger partial charge >= 0.3 is 0 Å². The molecule has 0 amide bonds. The van der Waals surface area contributed by atoms with Gasteiger partial charge in [-0.15, -0.1) is 0 Å². The Morgan fingerprint density at radius 1 is 1.14 bits per heavy atom. The molecule has 106 valence electrons. The predicted molar refractivity (Wildman–Crippen MR) is 87.4 cm³/mol. The van der Waals surface area contributed by atoms with E-state index in [0.717, 1.165) is 33.9 Å². The SMILES string of the molecule is COc1ccc2nc(NC3Cc4ccccc4C3)sc2c1. The van der Waals surface area contributed by atoms with Gasteiger partial charge in [-0.1, -0.05) is 35.6 Å². The molecule has 0 fully saturated rings. The van der Waals surface area contributed by atoms with Crippen LogP contribution in [0, 0.1) is 0 Å². The molecular formula is C17H16N2OS. The first-order valence-electron chi connectivity index (χ1n) is 7.10. The lowest BCUT2D eigenvalue weighted by molar-refractivity contribution is 0.415. The van der Waals surface area contributed by atoms with Crippen LogP contribution in [0.4, 0.5) is 5.13 Å². The van der Waals surface area contributed by atoms with Gasteiger partial charge in [-0.2, -0.15) is 0 Å². The normalized spacial score (nSPS) is 14.3. The maximum atomic E-state index is 5.27. The third-order valence-corrected chi connectivity index (χ3v) is 4.92. The van der Waals surface area contributed by atoms with Gasteiger partial charge in [0.05, 0.1) is 17.3 Å². The largest absolute Gasteiger partial charge is 0.497 e. The van der Waals surface area contributed by atoms with E-state index in [4.69, 9.17) is 4.74 Å². The third kappa shape index (κ3) is 2.36. The van der Waals surface area contributed by atoms with Gasteiger partial charge in [0.15, 0.2) is 5.13 Å². The molecule has 1 N–H and O–H groups in total. The lowest BCUT2D eigenvalue weighted by atomic mass is 10.1. The van der Waals surface area contributed by atoms with Gasteiger partial charge in [0.1, 0.15) is 5.75 Å². The molecule has 21 heavy (non-hydrogen) atoms. The minimum Gasteiger partial charge on any atom is -0.497 e. The average Bonchev–Trinajstić information content (AvgIpc) is 3.08. The molecule has 0 saturated carbocycles. The molecule has 3 aromatic rings. The molecule has 2 aromatic carbocycles. The van der Waals surface area contributed by atoms with E-state index in [1.165, 1.54) is 11.1 Å². The Balaban J connectivity index is 1.56. The van der Waals surface area contributed by atoms with Crippen molar-refractivity contribution >= 4 is 26.7 Å². The molecule has 1 aromatic heterocycles. The second kappa shape index (κ2) is 5.04. The van der Waals surface area contributed by atoms with Crippen LogP contribution in [-0.4, -0.2) is 18.1 Å². The lowest BCUT2D eigenvalue weighted by Crippen LogP contribution is -2.19. The number of aromatic nitrogens is 1. The summed E-state index contributed by atoms with van der Waals surface area (Å²) in [6.45, 7) is 0. The van der Waals surface area contributed by atoms with Crippen molar-refractivity contribution in [3.05, 3.63) is 53.6 Å². The second-order valence-electron chi connectivity index (χ2n) is 5.37. The summed E-state index contributed by atoms with van der Waals surface area (Å²) < 4.78 is 6.43. The number of thiazole rings is 1. The van der Waals surface area contributed by atoms with E-state index < -0.39 is 0 Å². The molecule has 3 nitrogen and oxygen atoms in total. The van der Waals surface area contributed by atoms with Gasteiger partial charge < -0.3 is 10.1 Å². The van der Waals surface area contributed by atoms with Crippen LogP contribution in [-0.2, 0) is 12.8 Å². The highest BCUT2D eigenvalue weighted by Gasteiger charge is 2.21. The number of nitrogens with zero attached hydrogens (tertiary/aromatic N) is 1. The van der Waals surface area contributed by atoms with E-state index in [2.05, 4.69) is 34.6 Å². The first-order valence-corrected chi connectivity index (χ1v) is 7.91. The number of hydrogen-bond donors (Lipinski definition) is 1. The Morgan fingerprint density at radius 3 is 2.62 bits per heavy atom. The molecule has 0 unspecified atom stereocenters. The Hall–Kier alpha value is -2.07. The number of ether oxygens (including phenoxy) is 1. The van der Waals surface area contributed by atoms with E-state index in [1.807, 2.05) is 18.2 Å². The summed E-state index contributed by atoms with van der Waals surface area (Å²) in [4.78, 5) is 4.67. The van der Waals surface area contributed by atoms with Crippen LogP contribution in [0.3, 0.4) is 0 Å². The molecule has 0 aliphatic heterocycles. The molecule has 1 heterocycles. The lowest BCUT2D eigenvalue weighted by Gasteiger charge is -2.09. The Labute approximate surface area is 127 Å². The highest BCUT2D eigenvalue weighted by atomic mass is 32.1. The van der Waals surface area contributed by atoms with E-state index in [9.17, 15) is 0 Å². The fraction of sp³-hybridized carbons (Fsp3) is 0.235. The molecule has 1 aliphatic carbocycles. The van der Waals surface area contributed by atoms with Gasteiger partial charge in [0, 0.05) is 6.04 Å². The van der Waals surface area contributed by atoms with Gasteiger partial charge in [0.2, 0.25) is 0 Å². The smallest absolute Gasteiger partial charge is 0.184 e. The van der Waals surface area contributed by atoms with Crippen molar-refractivity contribution in [3.8, 4) is 5.75 Å². The monoisotopic (exact) mass is 296 g/mol. The molecular weight excluding hydrogens is 280 g/mol. The summed E-state index contributed by atoms with van der Waals surface area (Å²) in [6, 6.07) is 15.1. The zero-order valence-electron chi connectivity index (χ0n) is 11.8. The highest BCUT2D eigenvalue weighted by molar-refractivity contribution is 7.22. The molecule has 0 spiro atoms. The number of hydrogen-bond acceptors (Lipinski definition) is 4. The minimum atomic E-state index is 0.449. The molecule has 4 heteroatoms. The van der Waals surface area contributed by atoms with Crippen LogP contribution >= 0.6 is 11.3 Å². The van der Waals surface area contributed by atoms with Crippen LogP contribution in [0.1, 0.15) is 11.1 Å². The summed E-state index contributed by atoms with van der Waals surface area (Å²) >= 11 is 1.69. The molecule has 0 saturated heterocycles. The van der Waals surface area contributed by atoms with Crippen molar-refractivity contribution in [2.24, 2.45) is 0 Å². The number of methoxy groups -OCH3 is 1. The Bertz CT molecular complexity index is 771. The second-order valence-corrected chi connectivity index (χ2v) is 6.40. The van der Waals surface area contributed by atoms with E-state index in [-0.39, 0.29) is 0 Å². The average molecular weight is 296 g/mol. The number of fused-ring (bicyclic) bond motifs is 2. The van der Waals surface area contributed by atoms with Crippen LogP contribution in [0.2, 0.25) is 0 Å². The van der Waals surface area contributed by atoms with Crippen molar-refractivity contribution < 1.29 is 4.74 Å². The maximum absolute atomic E-state index is 5.27. The van der Waals surface area contributed by atoms with Gasteiger partial charge in [-0.05, 0) is 42.2 Å². The topological polar surface area (TPSA) is 34.1 Å². The molecule has 0 atom stereocenters. The van der Waals surface area contributed by atoms with E-state index in [1.54, 1.807) is 18.4 Å². The fourth-order valence-corrected chi connectivity index (χ4v) is 3.90. The zero-order chi connectivity index (χ0) is 14.2. The van der Waals surface area contributed by atoms with Crippen LogP contribution in [0.5, 0.6) is 5.75 Å². The van der Waals surface area contributed by atoms with E-state index in [0.29, 0.717) is 6.04 Å². The number of anilines is 1.